The minimum absolute atomic E-state index is 0.945. The van der Waals surface area contributed by atoms with Crippen LogP contribution >= 0.6 is 0 Å². The molecule has 0 amide bonds. The first-order valence-corrected chi connectivity index (χ1v) is 14.0. The van der Waals surface area contributed by atoms with Gasteiger partial charge in [-0.3, -0.25) is 0 Å². The fourth-order valence-corrected chi connectivity index (χ4v) is 4.72. The lowest BCUT2D eigenvalue weighted by Gasteiger charge is -2.11. The van der Waals surface area contributed by atoms with E-state index in [1.54, 1.807) is 12.6 Å². The van der Waals surface area contributed by atoms with Gasteiger partial charge < -0.3 is 4.42 Å². The Labute approximate surface area is 218 Å². The number of fused-ring (bicyclic) bond motifs is 1. The van der Waals surface area contributed by atoms with Crippen molar-refractivity contribution in [3.05, 3.63) is 94.8 Å². The normalized spacial score (nSPS) is 10.9. The number of aryl methyl sites for hydroxylation is 6. The Hall–Kier alpha value is -2.94. The van der Waals surface area contributed by atoms with E-state index in [1.165, 1.54) is 71.7 Å². The number of nitrogens with zero attached hydrogens (tertiary/aromatic N) is 2. The van der Waals surface area contributed by atoms with E-state index in [4.69, 9.17) is 4.42 Å². The molecule has 0 saturated carbocycles. The van der Waals surface area contributed by atoms with Crippen molar-refractivity contribution in [2.75, 3.05) is 0 Å². The molecule has 0 aliphatic heterocycles. The standard InChI is InChI=1S/C22H26N2.C11H18O/c1-4-16-7-10-18(5-2)19(13-16)11-8-17-9-12-22-20(14-17)21(6-3)23-15-24-22;1-2-3-4-5-6-7-11-8-9-12-10-11/h7,9-10,12-15H,4-6,8,11H2,1-3H3;8-10H,2-7H2,1H3. The molecule has 36 heavy (non-hydrogen) atoms. The predicted octanol–water partition coefficient (Wildman–Crippen LogP) is 8.89. The lowest BCUT2D eigenvalue weighted by atomic mass is 9.95. The second-order valence-corrected chi connectivity index (χ2v) is 9.63. The van der Waals surface area contributed by atoms with E-state index < -0.39 is 0 Å². The summed E-state index contributed by atoms with van der Waals surface area (Å²) >= 11 is 0. The minimum Gasteiger partial charge on any atom is -0.472 e. The SMILES string of the molecule is CCCCCCCc1ccoc1.CCc1ccc(CC)c(CCc2ccc3ncnc(CC)c3c2)c1. The molecule has 192 valence electrons. The van der Waals surface area contributed by atoms with Crippen LogP contribution in [0.4, 0.5) is 0 Å². The van der Waals surface area contributed by atoms with Gasteiger partial charge in [-0.15, -0.1) is 0 Å². The van der Waals surface area contributed by atoms with E-state index in [0.717, 1.165) is 43.3 Å². The molecule has 4 aromatic rings. The summed E-state index contributed by atoms with van der Waals surface area (Å²) in [7, 11) is 0. The summed E-state index contributed by atoms with van der Waals surface area (Å²) in [5.74, 6) is 0. The van der Waals surface area contributed by atoms with Crippen LogP contribution in [0.3, 0.4) is 0 Å². The highest BCUT2D eigenvalue weighted by atomic mass is 16.3. The van der Waals surface area contributed by atoms with Crippen LogP contribution in [0.2, 0.25) is 0 Å². The van der Waals surface area contributed by atoms with Gasteiger partial charge in [-0.2, -0.15) is 0 Å². The third kappa shape index (κ3) is 8.33. The zero-order valence-electron chi connectivity index (χ0n) is 22.9. The maximum atomic E-state index is 4.99. The van der Waals surface area contributed by atoms with Gasteiger partial charge in [0.2, 0.25) is 0 Å². The van der Waals surface area contributed by atoms with Crippen LogP contribution in [0.5, 0.6) is 0 Å². The molecule has 2 aromatic heterocycles. The van der Waals surface area contributed by atoms with Gasteiger partial charge in [0.05, 0.1) is 23.7 Å². The van der Waals surface area contributed by atoms with E-state index in [9.17, 15) is 0 Å². The summed E-state index contributed by atoms with van der Waals surface area (Å²) in [4.78, 5) is 8.81. The van der Waals surface area contributed by atoms with Crippen molar-refractivity contribution in [1.82, 2.24) is 9.97 Å². The smallest absolute Gasteiger partial charge is 0.116 e. The topological polar surface area (TPSA) is 38.9 Å². The fraction of sp³-hybridized carbons (Fsp3) is 0.455. The van der Waals surface area contributed by atoms with Crippen molar-refractivity contribution in [2.45, 2.75) is 98.3 Å². The van der Waals surface area contributed by atoms with E-state index in [-0.39, 0.29) is 0 Å². The predicted molar refractivity (Wildman–Crippen MR) is 153 cm³/mol. The molecule has 4 rings (SSSR count). The molecule has 0 aliphatic carbocycles. The number of furan rings is 1. The van der Waals surface area contributed by atoms with Gasteiger partial charge in [0.1, 0.15) is 6.33 Å². The van der Waals surface area contributed by atoms with Crippen molar-refractivity contribution in [3.8, 4) is 0 Å². The summed E-state index contributed by atoms with van der Waals surface area (Å²) < 4.78 is 4.99. The minimum atomic E-state index is 0.945. The van der Waals surface area contributed by atoms with E-state index in [2.05, 4.69) is 80.1 Å². The highest BCUT2D eigenvalue weighted by Gasteiger charge is 2.06. The average molecular weight is 485 g/mol. The van der Waals surface area contributed by atoms with Gasteiger partial charge >= 0.3 is 0 Å². The van der Waals surface area contributed by atoms with Gasteiger partial charge in [-0.05, 0) is 91.0 Å². The van der Waals surface area contributed by atoms with Crippen LogP contribution in [-0.2, 0) is 38.5 Å². The summed E-state index contributed by atoms with van der Waals surface area (Å²) in [6.45, 7) is 8.86. The molecule has 0 atom stereocenters. The summed E-state index contributed by atoms with van der Waals surface area (Å²) in [6, 6.07) is 15.6. The van der Waals surface area contributed by atoms with Crippen LogP contribution < -0.4 is 0 Å². The number of hydrogen-bond acceptors (Lipinski definition) is 3. The number of rotatable bonds is 12. The number of benzene rings is 2. The molecule has 0 saturated heterocycles. The Morgan fingerprint density at radius 2 is 1.47 bits per heavy atom. The van der Waals surface area contributed by atoms with Gasteiger partial charge in [0.15, 0.2) is 0 Å². The Morgan fingerprint density at radius 3 is 2.19 bits per heavy atom. The number of aromatic nitrogens is 2. The van der Waals surface area contributed by atoms with Crippen molar-refractivity contribution in [1.29, 1.82) is 0 Å². The summed E-state index contributed by atoms with van der Waals surface area (Å²) in [6.07, 6.45) is 18.5. The third-order valence-electron chi connectivity index (χ3n) is 7.01. The second kappa shape index (κ2) is 15.2. The molecule has 0 fully saturated rings. The van der Waals surface area contributed by atoms with Gasteiger partial charge in [0.25, 0.3) is 0 Å². The second-order valence-electron chi connectivity index (χ2n) is 9.63. The van der Waals surface area contributed by atoms with Crippen LogP contribution in [0.25, 0.3) is 10.9 Å². The van der Waals surface area contributed by atoms with Gasteiger partial charge in [0, 0.05) is 5.39 Å². The molecule has 0 radical (unpaired) electrons. The van der Waals surface area contributed by atoms with Gasteiger partial charge in [-0.25, -0.2) is 9.97 Å². The first kappa shape index (κ1) is 27.6. The van der Waals surface area contributed by atoms with Crippen molar-refractivity contribution in [3.63, 3.8) is 0 Å². The largest absolute Gasteiger partial charge is 0.472 e. The molecule has 2 aromatic carbocycles. The molecule has 0 aliphatic rings. The highest BCUT2D eigenvalue weighted by Crippen LogP contribution is 2.20. The summed E-state index contributed by atoms with van der Waals surface area (Å²) in [5.41, 5.74) is 9.31. The average Bonchev–Trinajstić information content (AvgIpc) is 3.45. The van der Waals surface area contributed by atoms with E-state index in [1.807, 2.05) is 6.26 Å². The zero-order valence-corrected chi connectivity index (χ0v) is 22.9. The Bertz CT molecular complexity index is 1160. The van der Waals surface area contributed by atoms with E-state index in [0.29, 0.717) is 0 Å². The zero-order chi connectivity index (χ0) is 25.6. The Balaban J connectivity index is 0.000000253. The highest BCUT2D eigenvalue weighted by molar-refractivity contribution is 5.81. The molecular weight excluding hydrogens is 440 g/mol. The Morgan fingerprint density at radius 1 is 0.639 bits per heavy atom. The molecule has 2 heterocycles. The van der Waals surface area contributed by atoms with Crippen LogP contribution in [0.1, 0.15) is 93.3 Å². The molecule has 0 bridgehead atoms. The summed E-state index contributed by atoms with van der Waals surface area (Å²) in [5, 5.41) is 1.20. The first-order valence-electron chi connectivity index (χ1n) is 14.0. The molecular formula is C33H44N2O. The maximum Gasteiger partial charge on any atom is 0.116 e. The quantitative estimate of drug-likeness (QED) is 0.188. The van der Waals surface area contributed by atoms with Crippen LogP contribution in [0, 0.1) is 0 Å². The molecule has 0 N–H and O–H groups in total. The molecule has 3 heteroatoms. The lowest BCUT2D eigenvalue weighted by Crippen LogP contribution is -1.99. The first-order chi connectivity index (χ1) is 17.7. The van der Waals surface area contributed by atoms with Crippen LogP contribution in [0.15, 0.2) is 65.7 Å². The molecule has 0 spiro atoms. The van der Waals surface area contributed by atoms with Crippen molar-refractivity contribution >= 4 is 10.9 Å². The fourth-order valence-electron chi connectivity index (χ4n) is 4.72. The van der Waals surface area contributed by atoms with Crippen LogP contribution in [-0.4, -0.2) is 9.97 Å². The molecule has 3 nitrogen and oxygen atoms in total. The Kier molecular flexibility index (Phi) is 11.7. The van der Waals surface area contributed by atoms with Crippen molar-refractivity contribution in [2.24, 2.45) is 0 Å². The third-order valence-corrected chi connectivity index (χ3v) is 7.01. The van der Waals surface area contributed by atoms with Gasteiger partial charge in [-0.1, -0.05) is 77.6 Å². The maximum absolute atomic E-state index is 4.99. The molecule has 0 unspecified atom stereocenters. The number of unbranched alkanes of at least 4 members (excludes halogenated alkanes) is 4. The lowest BCUT2D eigenvalue weighted by molar-refractivity contribution is 0.561. The van der Waals surface area contributed by atoms with Crippen molar-refractivity contribution < 1.29 is 4.42 Å². The number of hydrogen-bond donors (Lipinski definition) is 0. The van der Waals surface area contributed by atoms with E-state index >= 15 is 0 Å². The monoisotopic (exact) mass is 484 g/mol.